The van der Waals surface area contributed by atoms with Crippen molar-refractivity contribution in [3.8, 4) is 28.7 Å². The van der Waals surface area contributed by atoms with Crippen LogP contribution in [0.5, 0.6) is 28.7 Å². The normalized spacial score (nSPS) is 12.3. The highest BCUT2D eigenvalue weighted by Crippen LogP contribution is 2.35. The third-order valence-electron chi connectivity index (χ3n) is 5.66. The van der Waals surface area contributed by atoms with Crippen molar-refractivity contribution in [1.82, 2.24) is 0 Å². The van der Waals surface area contributed by atoms with Crippen LogP contribution in [0.4, 0.5) is 11.4 Å². The van der Waals surface area contributed by atoms with E-state index in [4.69, 9.17) is 23.7 Å². The summed E-state index contributed by atoms with van der Waals surface area (Å²) in [5.41, 5.74) is 1.54. The molecule has 4 rings (SSSR count). The van der Waals surface area contributed by atoms with Crippen LogP contribution < -0.4 is 33.9 Å². The Morgan fingerprint density at radius 3 is 2.39 bits per heavy atom. The molecule has 2 amide bonds. The van der Waals surface area contributed by atoms with Gasteiger partial charge in [0.2, 0.25) is 0 Å². The minimum atomic E-state index is -0.321. The molecule has 9 heteroatoms. The fourth-order valence-electron chi connectivity index (χ4n) is 3.79. The van der Waals surface area contributed by atoms with Crippen LogP contribution in [-0.2, 0) is 4.79 Å². The maximum atomic E-state index is 12.8. The fourth-order valence-corrected chi connectivity index (χ4v) is 3.79. The van der Waals surface area contributed by atoms with Gasteiger partial charge in [0.25, 0.3) is 11.8 Å². The Bertz CT molecular complexity index is 1230. The van der Waals surface area contributed by atoms with Gasteiger partial charge in [0.1, 0.15) is 17.2 Å². The summed E-state index contributed by atoms with van der Waals surface area (Å²) in [7, 11) is 4.65. The molecule has 188 valence electrons. The summed E-state index contributed by atoms with van der Waals surface area (Å²) in [6.45, 7) is 0.837. The Kier molecular flexibility index (Phi) is 7.79. The van der Waals surface area contributed by atoms with Crippen molar-refractivity contribution in [2.24, 2.45) is 0 Å². The molecule has 0 radical (unpaired) electrons. The first-order valence-corrected chi connectivity index (χ1v) is 11.4. The largest absolute Gasteiger partial charge is 0.497 e. The molecule has 36 heavy (non-hydrogen) atoms. The van der Waals surface area contributed by atoms with Crippen LogP contribution in [0.1, 0.15) is 16.8 Å². The van der Waals surface area contributed by atoms with Gasteiger partial charge < -0.3 is 33.9 Å². The van der Waals surface area contributed by atoms with E-state index in [2.05, 4.69) is 5.32 Å². The molecule has 0 saturated carbocycles. The molecule has 3 aromatic rings. The zero-order valence-electron chi connectivity index (χ0n) is 20.4. The predicted octanol–water partition coefficient (Wildman–Crippen LogP) is 4.16. The molecule has 0 atom stereocenters. The van der Waals surface area contributed by atoms with Crippen molar-refractivity contribution < 1.29 is 33.3 Å². The first kappa shape index (κ1) is 24.7. The minimum Gasteiger partial charge on any atom is -0.497 e. The number of ether oxygens (including phenoxy) is 5. The van der Waals surface area contributed by atoms with Gasteiger partial charge in [-0.25, -0.2) is 0 Å². The number of benzene rings is 3. The van der Waals surface area contributed by atoms with E-state index in [1.54, 1.807) is 48.4 Å². The Morgan fingerprint density at radius 2 is 1.67 bits per heavy atom. The molecule has 1 N–H and O–H groups in total. The molecule has 3 aromatic carbocycles. The molecule has 0 fully saturated rings. The maximum absolute atomic E-state index is 12.8. The second-order valence-corrected chi connectivity index (χ2v) is 7.92. The molecule has 0 bridgehead atoms. The van der Waals surface area contributed by atoms with Crippen molar-refractivity contribution in [3.05, 3.63) is 66.2 Å². The quantitative estimate of drug-likeness (QED) is 0.425. The molecule has 0 spiro atoms. The number of hydrogen-bond acceptors (Lipinski definition) is 7. The fraction of sp³-hybridized carbons (Fsp3) is 0.259. The smallest absolute Gasteiger partial charge is 0.265 e. The first-order chi connectivity index (χ1) is 17.5. The number of amides is 2. The van der Waals surface area contributed by atoms with Gasteiger partial charge in [0.15, 0.2) is 18.1 Å². The number of rotatable bonds is 10. The lowest BCUT2D eigenvalue weighted by Crippen LogP contribution is -2.39. The van der Waals surface area contributed by atoms with Crippen LogP contribution in [-0.4, -0.2) is 52.9 Å². The zero-order valence-corrected chi connectivity index (χ0v) is 20.4. The van der Waals surface area contributed by atoms with Gasteiger partial charge in [-0.15, -0.1) is 0 Å². The van der Waals surface area contributed by atoms with Crippen LogP contribution in [0, 0.1) is 0 Å². The third-order valence-corrected chi connectivity index (χ3v) is 5.66. The lowest BCUT2D eigenvalue weighted by molar-refractivity contribution is -0.121. The van der Waals surface area contributed by atoms with Gasteiger partial charge in [-0.05, 0) is 67.1 Å². The minimum absolute atomic E-state index is 0.0380. The van der Waals surface area contributed by atoms with E-state index < -0.39 is 0 Å². The van der Waals surface area contributed by atoms with E-state index in [1.807, 2.05) is 24.3 Å². The summed E-state index contributed by atoms with van der Waals surface area (Å²) in [6.07, 6.45) is 0.611. The number of carbonyl (C=O) groups is 2. The summed E-state index contributed by atoms with van der Waals surface area (Å²) >= 11 is 0. The number of anilines is 2. The Balaban J connectivity index is 1.41. The van der Waals surface area contributed by atoms with Crippen molar-refractivity contribution in [2.75, 3.05) is 51.3 Å². The van der Waals surface area contributed by atoms with E-state index in [0.29, 0.717) is 53.8 Å². The molecule has 0 aromatic heterocycles. The lowest BCUT2D eigenvalue weighted by Gasteiger charge is -2.30. The summed E-state index contributed by atoms with van der Waals surface area (Å²) in [5, 5.41) is 2.87. The molecule has 1 aliphatic heterocycles. The van der Waals surface area contributed by atoms with Crippen molar-refractivity contribution >= 4 is 23.2 Å². The van der Waals surface area contributed by atoms with E-state index in [1.165, 1.54) is 14.2 Å². The molecular weight excluding hydrogens is 464 g/mol. The number of fused-ring (bicyclic) bond motifs is 1. The van der Waals surface area contributed by atoms with Crippen LogP contribution in [0.3, 0.4) is 0 Å². The highest BCUT2D eigenvalue weighted by atomic mass is 16.5. The maximum Gasteiger partial charge on any atom is 0.265 e. The van der Waals surface area contributed by atoms with E-state index in [-0.39, 0.29) is 18.4 Å². The average Bonchev–Trinajstić information content (AvgIpc) is 2.91. The van der Waals surface area contributed by atoms with Gasteiger partial charge in [-0.2, -0.15) is 0 Å². The second kappa shape index (κ2) is 11.4. The second-order valence-electron chi connectivity index (χ2n) is 7.92. The predicted molar refractivity (Wildman–Crippen MR) is 135 cm³/mol. The molecule has 0 unspecified atom stereocenters. The Labute approximate surface area is 209 Å². The molecule has 1 aliphatic rings. The van der Waals surface area contributed by atoms with Crippen LogP contribution in [0.2, 0.25) is 0 Å². The number of nitrogens with one attached hydrogen (secondary N) is 1. The molecule has 0 aliphatic carbocycles. The SMILES string of the molecule is COc1ccc(OCCCN2C(=O)COc3ccc(NC(=O)c4ccc(OC)c(OC)c4)cc32)cc1. The molecule has 1 heterocycles. The van der Waals surface area contributed by atoms with E-state index >= 15 is 0 Å². The summed E-state index contributed by atoms with van der Waals surface area (Å²) in [6, 6.07) is 17.5. The van der Waals surface area contributed by atoms with E-state index in [9.17, 15) is 9.59 Å². The van der Waals surface area contributed by atoms with Crippen LogP contribution in [0.25, 0.3) is 0 Å². The van der Waals surface area contributed by atoms with E-state index in [0.717, 1.165) is 11.5 Å². The Morgan fingerprint density at radius 1 is 0.917 bits per heavy atom. The molecular formula is C27H28N2O7. The summed E-state index contributed by atoms with van der Waals surface area (Å²) in [4.78, 5) is 27.1. The zero-order chi connectivity index (χ0) is 25.5. The molecule has 0 saturated heterocycles. The van der Waals surface area contributed by atoms with Gasteiger partial charge in [0.05, 0.1) is 33.6 Å². The van der Waals surface area contributed by atoms with Gasteiger partial charge in [0, 0.05) is 17.8 Å². The van der Waals surface area contributed by atoms with Crippen LogP contribution >= 0.6 is 0 Å². The topological polar surface area (TPSA) is 95.6 Å². The van der Waals surface area contributed by atoms with Crippen molar-refractivity contribution in [3.63, 3.8) is 0 Å². The van der Waals surface area contributed by atoms with Gasteiger partial charge in [-0.3, -0.25) is 9.59 Å². The highest BCUT2D eigenvalue weighted by molar-refractivity contribution is 6.05. The average molecular weight is 493 g/mol. The van der Waals surface area contributed by atoms with Crippen molar-refractivity contribution in [2.45, 2.75) is 6.42 Å². The van der Waals surface area contributed by atoms with Crippen molar-refractivity contribution in [1.29, 1.82) is 0 Å². The standard InChI is InChI=1S/C27H28N2O7/c1-32-20-7-9-21(10-8-20)35-14-4-13-29-22-16-19(6-12-23(22)36-17-26(29)30)28-27(31)18-5-11-24(33-2)25(15-18)34-3/h5-12,15-16H,4,13-14,17H2,1-3H3,(H,28,31). The lowest BCUT2D eigenvalue weighted by atomic mass is 10.1. The van der Waals surface area contributed by atoms with Gasteiger partial charge >= 0.3 is 0 Å². The first-order valence-electron chi connectivity index (χ1n) is 11.4. The van der Waals surface area contributed by atoms with Gasteiger partial charge in [-0.1, -0.05) is 0 Å². The molecule has 9 nitrogen and oxygen atoms in total. The Hall–Kier alpha value is -4.40. The highest BCUT2D eigenvalue weighted by Gasteiger charge is 2.26. The number of methoxy groups -OCH3 is 3. The monoisotopic (exact) mass is 492 g/mol. The summed E-state index contributed by atoms with van der Waals surface area (Å²) in [5.74, 6) is 2.57. The summed E-state index contributed by atoms with van der Waals surface area (Å²) < 4.78 is 27.0. The number of nitrogens with zero attached hydrogens (tertiary/aromatic N) is 1. The van der Waals surface area contributed by atoms with Crippen LogP contribution in [0.15, 0.2) is 60.7 Å². The number of hydrogen-bond donors (Lipinski definition) is 1. The third kappa shape index (κ3) is 5.63. The number of carbonyl (C=O) groups excluding carboxylic acids is 2.